The maximum absolute atomic E-state index is 13.6. The summed E-state index contributed by atoms with van der Waals surface area (Å²) in [5, 5.41) is 17.0. The molecule has 2 aromatic heterocycles. The third-order valence-corrected chi connectivity index (χ3v) is 9.54. The fourth-order valence-corrected chi connectivity index (χ4v) is 6.45. The number of nitrogens with zero attached hydrogens (tertiary/aromatic N) is 4. The van der Waals surface area contributed by atoms with E-state index in [1.807, 2.05) is 49.4 Å². The highest BCUT2D eigenvalue weighted by atomic mass is 16.5. The Balaban J connectivity index is 1.11. The topological polar surface area (TPSA) is 163 Å². The van der Waals surface area contributed by atoms with E-state index in [9.17, 15) is 9.59 Å². The van der Waals surface area contributed by atoms with Gasteiger partial charge < -0.3 is 34.9 Å². The summed E-state index contributed by atoms with van der Waals surface area (Å²) < 4.78 is 24.0. The van der Waals surface area contributed by atoms with E-state index in [0.717, 1.165) is 59.4 Å². The molecule has 5 aromatic rings. The van der Waals surface area contributed by atoms with E-state index in [4.69, 9.17) is 30.5 Å². The lowest BCUT2D eigenvalue weighted by molar-refractivity contribution is 0.0255. The third kappa shape index (κ3) is 11.7. The van der Waals surface area contributed by atoms with Gasteiger partial charge in [0.25, 0.3) is 5.91 Å². The quantitative estimate of drug-likeness (QED) is 0.0541. The maximum Gasteiger partial charge on any atom is 0.324 e. The van der Waals surface area contributed by atoms with Crippen molar-refractivity contribution in [3.05, 3.63) is 106 Å². The van der Waals surface area contributed by atoms with Gasteiger partial charge in [-0.3, -0.25) is 10.1 Å². The fraction of sp³-hybridized carbons (Fsp3) is 0.356. The van der Waals surface area contributed by atoms with Gasteiger partial charge in [0.2, 0.25) is 11.8 Å². The van der Waals surface area contributed by atoms with Crippen LogP contribution in [-0.2, 0) is 32.5 Å². The second-order valence-electron chi connectivity index (χ2n) is 15.1. The molecule has 0 saturated heterocycles. The summed E-state index contributed by atoms with van der Waals surface area (Å²) in [6.07, 6.45) is 10.9. The van der Waals surface area contributed by atoms with Crippen LogP contribution >= 0.6 is 0 Å². The number of benzene rings is 3. The zero-order valence-corrected chi connectivity index (χ0v) is 34.3. The molecule has 1 aliphatic carbocycles. The Bertz CT molecular complexity index is 2280. The molecule has 59 heavy (non-hydrogen) atoms. The first-order chi connectivity index (χ1) is 28.5. The van der Waals surface area contributed by atoms with Gasteiger partial charge in [0, 0.05) is 65.5 Å². The number of terminal acetylenes is 1. The minimum Gasteiger partial charge on any atom is -0.439 e. The Morgan fingerprint density at radius 3 is 2.37 bits per heavy atom. The van der Waals surface area contributed by atoms with Crippen molar-refractivity contribution in [1.29, 1.82) is 0 Å². The van der Waals surface area contributed by atoms with Gasteiger partial charge in [-0.15, -0.1) is 6.42 Å². The highest BCUT2D eigenvalue weighted by Gasteiger charge is 2.24. The van der Waals surface area contributed by atoms with Crippen molar-refractivity contribution >= 4 is 35.1 Å². The molecule has 6 rings (SSSR count). The number of ether oxygens (including phenoxy) is 4. The van der Waals surface area contributed by atoms with Crippen LogP contribution in [0.15, 0.2) is 72.9 Å². The normalized spacial score (nSPS) is 12.3. The van der Waals surface area contributed by atoms with Crippen LogP contribution in [0.25, 0.3) is 5.69 Å². The molecule has 0 saturated carbocycles. The molecule has 0 fully saturated rings. The molecule has 4 N–H and O–H groups in total. The van der Waals surface area contributed by atoms with Gasteiger partial charge in [0.05, 0.1) is 44.4 Å². The van der Waals surface area contributed by atoms with Gasteiger partial charge in [0.1, 0.15) is 11.6 Å². The van der Waals surface area contributed by atoms with Gasteiger partial charge >= 0.3 is 6.03 Å². The van der Waals surface area contributed by atoms with Crippen molar-refractivity contribution in [2.45, 2.75) is 58.8 Å². The summed E-state index contributed by atoms with van der Waals surface area (Å²) in [6, 6.07) is 20.0. The molecule has 14 heteroatoms. The number of hydrogen-bond donors (Lipinski definition) is 4. The van der Waals surface area contributed by atoms with Crippen molar-refractivity contribution < 1.29 is 28.5 Å². The summed E-state index contributed by atoms with van der Waals surface area (Å²) in [4.78, 5) is 35.5. The van der Waals surface area contributed by atoms with Gasteiger partial charge in [-0.25, -0.2) is 14.5 Å². The molecule has 1 aliphatic rings. The van der Waals surface area contributed by atoms with E-state index in [2.05, 4.69) is 57.9 Å². The average Bonchev–Trinajstić information content (AvgIpc) is 3.65. The molecule has 0 radical (unpaired) electrons. The minimum absolute atomic E-state index is 0.218. The van der Waals surface area contributed by atoms with E-state index >= 15 is 0 Å². The third-order valence-electron chi connectivity index (χ3n) is 9.54. The van der Waals surface area contributed by atoms with Crippen LogP contribution < -0.4 is 26.0 Å². The summed E-state index contributed by atoms with van der Waals surface area (Å²) in [6.45, 7) is 10.8. The van der Waals surface area contributed by atoms with Crippen molar-refractivity contribution in [2.75, 3.05) is 62.6 Å². The highest BCUT2D eigenvalue weighted by molar-refractivity contribution is 6.00. The number of carbonyl (C=O) groups is 2. The van der Waals surface area contributed by atoms with E-state index in [-0.39, 0.29) is 23.3 Å². The van der Waals surface area contributed by atoms with Crippen LogP contribution in [0.3, 0.4) is 0 Å². The number of aromatic nitrogens is 4. The number of hydrogen-bond acceptors (Lipinski definition) is 10. The lowest BCUT2D eigenvalue weighted by atomic mass is 9.89. The Morgan fingerprint density at radius 1 is 0.881 bits per heavy atom. The average molecular weight is 801 g/mol. The molecule has 0 aliphatic heterocycles. The van der Waals surface area contributed by atoms with Gasteiger partial charge in [0.15, 0.2) is 0 Å². The van der Waals surface area contributed by atoms with Gasteiger partial charge in [-0.1, -0.05) is 44.4 Å². The molecule has 0 spiro atoms. The number of amides is 3. The maximum atomic E-state index is 13.6. The second kappa shape index (κ2) is 19.9. The summed E-state index contributed by atoms with van der Waals surface area (Å²) >= 11 is 0. The lowest BCUT2D eigenvalue weighted by Gasteiger charge is -2.23. The number of fused-ring (bicyclic) bond motifs is 1. The fourth-order valence-electron chi connectivity index (χ4n) is 6.45. The Kier molecular flexibility index (Phi) is 14.3. The molecule has 0 atom stereocenters. The highest BCUT2D eigenvalue weighted by Crippen LogP contribution is 2.37. The molecule has 2 heterocycles. The van der Waals surface area contributed by atoms with E-state index in [1.54, 1.807) is 42.3 Å². The number of methoxy groups -OCH3 is 1. The SMILES string of the molecule is C#Cc1cc(Nc2nccc(Oc3ccc(NC(=O)Nc4cc(C(C)(C)C)nn4-c4ccc(C)cc4)c4c3CCCC4)n2)cc(C(=O)NCCOCCOCCOC)c1. The molecule has 3 amide bonds. The second-order valence-corrected chi connectivity index (χ2v) is 15.1. The van der Waals surface area contributed by atoms with Crippen LogP contribution in [0, 0.1) is 19.3 Å². The number of urea groups is 1. The molecule has 0 bridgehead atoms. The van der Waals surface area contributed by atoms with Crippen LogP contribution in [0.2, 0.25) is 0 Å². The van der Waals surface area contributed by atoms with Crippen LogP contribution in [-0.4, -0.2) is 78.4 Å². The summed E-state index contributed by atoms with van der Waals surface area (Å²) in [7, 11) is 1.62. The standard InChI is InChI=1S/C45H52N8O6/c1-7-31-26-32(42(54)46-20-21-57-24-25-58-23-22-56-6)28-33(27-31)48-43-47-19-18-41(51-43)59-38-17-16-37(35-10-8-9-11-36(35)38)49-44(55)50-40-29-39(45(3,4)5)52-53(40)34-14-12-30(2)13-15-34/h1,12-19,26-29H,8-11,20-25H2,2-6H3,(H,46,54)(H,47,48,51)(H2,49,50,55). The Hall–Kier alpha value is -6.27. The molecule has 308 valence electrons. The molecule has 14 nitrogen and oxygen atoms in total. The number of carbonyl (C=O) groups excluding carboxylic acids is 2. The number of anilines is 4. The summed E-state index contributed by atoms with van der Waals surface area (Å²) in [5.41, 5.74) is 6.81. The van der Waals surface area contributed by atoms with E-state index in [1.165, 1.54) is 0 Å². The van der Waals surface area contributed by atoms with Crippen LogP contribution in [0.5, 0.6) is 11.6 Å². The molecular weight excluding hydrogens is 749 g/mol. The van der Waals surface area contributed by atoms with Crippen molar-refractivity contribution in [3.8, 4) is 29.7 Å². The minimum atomic E-state index is -0.370. The first-order valence-electron chi connectivity index (χ1n) is 19.7. The Morgan fingerprint density at radius 2 is 1.63 bits per heavy atom. The molecule has 0 unspecified atom stereocenters. The predicted octanol–water partition coefficient (Wildman–Crippen LogP) is 7.72. The van der Waals surface area contributed by atoms with Crippen LogP contribution in [0.4, 0.5) is 27.9 Å². The van der Waals surface area contributed by atoms with Crippen molar-refractivity contribution in [3.63, 3.8) is 0 Å². The monoisotopic (exact) mass is 800 g/mol. The summed E-state index contributed by atoms with van der Waals surface area (Å²) in [5.74, 6) is 4.11. The zero-order valence-electron chi connectivity index (χ0n) is 34.3. The number of rotatable bonds is 17. The number of aryl methyl sites for hydroxylation is 1. The van der Waals surface area contributed by atoms with Gasteiger partial charge in [-0.05, 0) is 80.6 Å². The Labute approximate surface area is 345 Å². The number of nitrogens with one attached hydrogen (secondary N) is 4. The molecular formula is C45H52N8O6. The zero-order chi connectivity index (χ0) is 41.8. The van der Waals surface area contributed by atoms with Crippen LogP contribution in [0.1, 0.15) is 71.9 Å². The van der Waals surface area contributed by atoms with Gasteiger partial charge in [-0.2, -0.15) is 10.1 Å². The first-order valence-corrected chi connectivity index (χ1v) is 19.7. The van der Waals surface area contributed by atoms with E-state index < -0.39 is 0 Å². The van der Waals surface area contributed by atoms with E-state index in [0.29, 0.717) is 73.8 Å². The van der Waals surface area contributed by atoms with Crippen molar-refractivity contribution in [2.24, 2.45) is 0 Å². The van der Waals surface area contributed by atoms with Crippen molar-refractivity contribution in [1.82, 2.24) is 25.1 Å². The lowest BCUT2D eigenvalue weighted by Crippen LogP contribution is -2.27. The smallest absolute Gasteiger partial charge is 0.324 e. The molecule has 3 aromatic carbocycles. The predicted molar refractivity (Wildman–Crippen MR) is 228 cm³/mol. The largest absolute Gasteiger partial charge is 0.439 e. The first kappa shape index (κ1) is 42.3.